The van der Waals surface area contributed by atoms with E-state index in [9.17, 15) is 4.79 Å². The van der Waals surface area contributed by atoms with Crippen LogP contribution >= 0.6 is 11.3 Å². The van der Waals surface area contributed by atoms with Gasteiger partial charge >= 0.3 is 0 Å². The molecule has 1 amide bonds. The van der Waals surface area contributed by atoms with Crippen LogP contribution < -0.4 is 5.73 Å². The number of thiazole rings is 1. The molecule has 2 rings (SSSR count). The maximum Gasteiger partial charge on any atom is 0.227 e. The maximum absolute atomic E-state index is 12.1. The first-order valence-electron chi connectivity index (χ1n) is 6.20. The van der Waals surface area contributed by atoms with Gasteiger partial charge in [-0.25, -0.2) is 4.98 Å². The summed E-state index contributed by atoms with van der Waals surface area (Å²) in [5, 5.41) is 4.30. The molecule has 0 aliphatic carbocycles. The van der Waals surface area contributed by atoms with Crippen LogP contribution in [0, 0.1) is 13.8 Å². The lowest BCUT2D eigenvalue weighted by Gasteiger charge is -2.15. The number of carbonyl (C=O) groups excluding carboxylic acids is 1. The van der Waals surface area contributed by atoms with Crippen LogP contribution in [0.1, 0.15) is 22.3 Å². The third-order valence-corrected chi connectivity index (χ3v) is 3.87. The normalized spacial score (nSPS) is 10.8. The summed E-state index contributed by atoms with van der Waals surface area (Å²) in [6.45, 7) is 4.14. The van der Waals surface area contributed by atoms with Crippen LogP contribution in [-0.4, -0.2) is 39.5 Å². The van der Waals surface area contributed by atoms with Crippen molar-refractivity contribution in [2.24, 2.45) is 0 Å². The molecular formula is C12H17N5O2S. The molecule has 2 aromatic rings. The van der Waals surface area contributed by atoms with Gasteiger partial charge in [-0.05, 0) is 6.92 Å². The van der Waals surface area contributed by atoms with E-state index in [1.807, 2.05) is 6.92 Å². The van der Waals surface area contributed by atoms with E-state index in [1.54, 1.807) is 18.9 Å². The topological polar surface area (TPSA) is 98.1 Å². The molecule has 7 nitrogen and oxygen atoms in total. The molecule has 20 heavy (non-hydrogen) atoms. The van der Waals surface area contributed by atoms with Crippen molar-refractivity contribution in [2.45, 2.75) is 26.7 Å². The Hall–Kier alpha value is -1.96. The zero-order chi connectivity index (χ0) is 14.7. The first-order chi connectivity index (χ1) is 9.45. The lowest BCUT2D eigenvalue weighted by atomic mass is 10.2. The van der Waals surface area contributed by atoms with E-state index in [4.69, 9.17) is 10.3 Å². The van der Waals surface area contributed by atoms with Crippen molar-refractivity contribution in [3.05, 3.63) is 22.3 Å². The smallest absolute Gasteiger partial charge is 0.227 e. The predicted octanol–water partition coefficient (Wildman–Crippen LogP) is 0.969. The van der Waals surface area contributed by atoms with Crippen LogP contribution in [0.3, 0.4) is 0 Å². The average Bonchev–Trinajstić information content (AvgIpc) is 2.93. The van der Waals surface area contributed by atoms with E-state index >= 15 is 0 Å². The fraction of sp³-hybridized carbons (Fsp3) is 0.500. The molecule has 2 aromatic heterocycles. The number of nitrogen functional groups attached to an aromatic ring is 1. The Morgan fingerprint density at radius 2 is 2.15 bits per heavy atom. The second kappa shape index (κ2) is 6.00. The van der Waals surface area contributed by atoms with Crippen LogP contribution in [0.5, 0.6) is 0 Å². The van der Waals surface area contributed by atoms with E-state index in [2.05, 4.69) is 15.1 Å². The van der Waals surface area contributed by atoms with E-state index in [0.717, 1.165) is 10.6 Å². The Morgan fingerprint density at radius 3 is 2.70 bits per heavy atom. The standard InChI is InChI=1S/C12H17N5O2S/c1-7-9(20-12(13)14-7)6-11(18)17(3)5-4-10-15-8(2)19-16-10/h4-6H2,1-3H3,(H2,13,14). The Bertz CT molecular complexity index is 607. The number of aromatic nitrogens is 3. The van der Waals surface area contributed by atoms with Gasteiger partial charge < -0.3 is 15.2 Å². The second-order valence-corrected chi connectivity index (χ2v) is 5.65. The Kier molecular flexibility index (Phi) is 4.33. The monoisotopic (exact) mass is 295 g/mol. The van der Waals surface area contributed by atoms with Gasteiger partial charge in [-0.3, -0.25) is 4.79 Å². The number of hydrogen-bond acceptors (Lipinski definition) is 7. The van der Waals surface area contributed by atoms with Gasteiger partial charge in [0.15, 0.2) is 11.0 Å². The summed E-state index contributed by atoms with van der Waals surface area (Å²) >= 11 is 1.36. The Labute approximate surface area is 120 Å². The largest absolute Gasteiger partial charge is 0.375 e. The summed E-state index contributed by atoms with van der Waals surface area (Å²) in [5.74, 6) is 1.17. The van der Waals surface area contributed by atoms with E-state index < -0.39 is 0 Å². The van der Waals surface area contributed by atoms with Crippen LogP contribution in [0.25, 0.3) is 0 Å². The number of aryl methyl sites for hydroxylation is 2. The van der Waals surface area contributed by atoms with Crippen molar-refractivity contribution in [3.8, 4) is 0 Å². The highest BCUT2D eigenvalue weighted by molar-refractivity contribution is 7.15. The molecule has 0 aliphatic rings. The number of amides is 1. The van der Waals surface area contributed by atoms with E-state index in [1.165, 1.54) is 11.3 Å². The molecule has 0 radical (unpaired) electrons. The third-order valence-electron chi connectivity index (χ3n) is 2.89. The summed E-state index contributed by atoms with van der Waals surface area (Å²) in [5.41, 5.74) is 6.45. The molecule has 0 bridgehead atoms. The van der Waals surface area contributed by atoms with Crippen molar-refractivity contribution < 1.29 is 9.32 Å². The molecule has 0 saturated carbocycles. The second-order valence-electron chi connectivity index (χ2n) is 4.53. The number of rotatable bonds is 5. The molecule has 0 unspecified atom stereocenters. The number of hydrogen-bond donors (Lipinski definition) is 1. The first kappa shape index (κ1) is 14.4. The van der Waals surface area contributed by atoms with Crippen molar-refractivity contribution in [3.63, 3.8) is 0 Å². The van der Waals surface area contributed by atoms with Gasteiger partial charge in [-0.1, -0.05) is 5.16 Å². The van der Waals surface area contributed by atoms with E-state index in [-0.39, 0.29) is 5.91 Å². The molecule has 2 N–H and O–H groups in total. The van der Waals surface area contributed by atoms with Gasteiger partial charge in [-0.2, -0.15) is 4.98 Å². The van der Waals surface area contributed by atoms with Crippen LogP contribution in [-0.2, 0) is 17.6 Å². The van der Waals surface area contributed by atoms with E-state index in [0.29, 0.717) is 36.2 Å². The van der Waals surface area contributed by atoms with Crippen LogP contribution in [0.4, 0.5) is 5.13 Å². The van der Waals surface area contributed by atoms with Crippen LogP contribution in [0.2, 0.25) is 0 Å². The molecule has 0 spiro atoms. The highest BCUT2D eigenvalue weighted by Gasteiger charge is 2.15. The molecular weight excluding hydrogens is 278 g/mol. The van der Waals surface area contributed by atoms with Crippen molar-refractivity contribution in [1.82, 2.24) is 20.0 Å². The summed E-state index contributed by atoms with van der Waals surface area (Å²) in [4.78, 5) is 22.9. The predicted molar refractivity (Wildman–Crippen MR) is 75.3 cm³/mol. The fourth-order valence-electron chi connectivity index (χ4n) is 1.72. The van der Waals surface area contributed by atoms with Crippen LogP contribution in [0.15, 0.2) is 4.52 Å². The number of nitrogens with two attached hydrogens (primary N) is 1. The highest BCUT2D eigenvalue weighted by atomic mass is 32.1. The number of likely N-dealkylation sites (N-methyl/N-ethyl adjacent to an activating group) is 1. The third kappa shape index (κ3) is 3.53. The molecule has 108 valence electrons. The first-order valence-corrected chi connectivity index (χ1v) is 7.02. The highest BCUT2D eigenvalue weighted by Crippen LogP contribution is 2.20. The Morgan fingerprint density at radius 1 is 1.40 bits per heavy atom. The van der Waals surface area contributed by atoms with Gasteiger partial charge in [-0.15, -0.1) is 11.3 Å². The zero-order valence-electron chi connectivity index (χ0n) is 11.7. The SMILES string of the molecule is Cc1nc(CCN(C)C(=O)Cc2sc(N)nc2C)no1. The maximum atomic E-state index is 12.1. The summed E-state index contributed by atoms with van der Waals surface area (Å²) < 4.78 is 4.89. The van der Waals surface area contributed by atoms with Gasteiger partial charge in [0.2, 0.25) is 11.8 Å². The van der Waals surface area contributed by atoms with Gasteiger partial charge in [0, 0.05) is 31.8 Å². The number of carbonyl (C=O) groups is 1. The molecule has 2 heterocycles. The Balaban J connectivity index is 1.87. The molecule has 8 heteroatoms. The average molecular weight is 295 g/mol. The minimum Gasteiger partial charge on any atom is -0.375 e. The van der Waals surface area contributed by atoms with Gasteiger partial charge in [0.05, 0.1) is 12.1 Å². The van der Waals surface area contributed by atoms with Gasteiger partial charge in [0.1, 0.15) is 0 Å². The molecule has 0 saturated heterocycles. The molecule has 0 atom stereocenters. The molecule has 0 fully saturated rings. The fourth-order valence-corrected chi connectivity index (χ4v) is 2.55. The lowest BCUT2D eigenvalue weighted by Crippen LogP contribution is -2.30. The summed E-state index contributed by atoms with van der Waals surface area (Å²) in [7, 11) is 1.76. The van der Waals surface area contributed by atoms with Crippen molar-refractivity contribution >= 4 is 22.4 Å². The number of nitrogens with zero attached hydrogens (tertiary/aromatic N) is 4. The zero-order valence-corrected chi connectivity index (χ0v) is 12.5. The minimum absolute atomic E-state index is 0.0250. The summed E-state index contributed by atoms with van der Waals surface area (Å²) in [6.07, 6.45) is 0.895. The van der Waals surface area contributed by atoms with Crippen molar-refractivity contribution in [2.75, 3.05) is 19.3 Å². The quantitative estimate of drug-likeness (QED) is 0.882. The molecule has 0 aliphatic heterocycles. The van der Waals surface area contributed by atoms with Gasteiger partial charge in [0.25, 0.3) is 0 Å². The van der Waals surface area contributed by atoms with Crippen molar-refractivity contribution in [1.29, 1.82) is 0 Å². The molecule has 0 aromatic carbocycles. The number of anilines is 1. The lowest BCUT2D eigenvalue weighted by molar-refractivity contribution is -0.129. The summed E-state index contributed by atoms with van der Waals surface area (Å²) in [6, 6.07) is 0. The minimum atomic E-state index is 0.0250.